The molecule has 0 unspecified atom stereocenters. The van der Waals surface area contributed by atoms with Crippen LogP contribution in [0, 0.1) is 46.3 Å². The monoisotopic (exact) mass is 564 g/mol. The number of hydrogen-bond donors (Lipinski definition) is 0. The smallest absolute Gasteiger partial charge is 0.229 e. The van der Waals surface area contributed by atoms with Crippen molar-refractivity contribution in [2.24, 2.45) is 46.3 Å². The minimum atomic E-state index is -0.357. The van der Waals surface area contributed by atoms with Crippen LogP contribution in [-0.4, -0.2) is 16.5 Å². The molecule has 0 aromatic heterocycles. The van der Waals surface area contributed by atoms with Gasteiger partial charge in [0.15, 0.2) is 6.10 Å². The molecule has 222 valence electrons. The van der Waals surface area contributed by atoms with E-state index in [1.54, 1.807) is 17.3 Å². The molecule has 2 nitrogen and oxygen atoms in total. The minimum Gasteiger partial charge on any atom is -0.482 e. The Balaban J connectivity index is 1.22. The topological polar surface area (TPSA) is 26.3 Å². The molecule has 40 heavy (non-hydrogen) atoms. The molecule has 1 aromatic carbocycles. The van der Waals surface area contributed by atoms with Crippen molar-refractivity contribution in [3.63, 3.8) is 0 Å². The predicted octanol–water partition coefficient (Wildman–Crippen LogP) is 10.5. The van der Waals surface area contributed by atoms with Gasteiger partial charge in [0.25, 0.3) is 0 Å². The summed E-state index contributed by atoms with van der Waals surface area (Å²) in [6, 6.07) is 9.83. The van der Waals surface area contributed by atoms with Crippen molar-refractivity contribution in [1.29, 1.82) is 0 Å². The molecule has 0 radical (unpaired) electrons. The first kappa shape index (κ1) is 30.2. The molecule has 4 aliphatic rings. The van der Waals surface area contributed by atoms with Gasteiger partial charge >= 0.3 is 0 Å². The quantitative estimate of drug-likeness (QED) is 0.264. The maximum atomic E-state index is 13.3. The van der Waals surface area contributed by atoms with Crippen LogP contribution in [0.5, 0.6) is 5.75 Å². The lowest BCUT2D eigenvalue weighted by Gasteiger charge is -2.58. The molecule has 3 heteroatoms. The second-order valence-electron chi connectivity index (χ2n) is 14.9. The van der Waals surface area contributed by atoms with Crippen molar-refractivity contribution in [1.82, 2.24) is 0 Å². The second kappa shape index (κ2) is 12.6. The lowest BCUT2D eigenvalue weighted by atomic mass is 9.47. The van der Waals surface area contributed by atoms with Gasteiger partial charge in [0.05, 0.1) is 0 Å². The average Bonchev–Trinajstić information content (AvgIpc) is 3.29. The number of ether oxygens (including phenoxy) is 1. The van der Waals surface area contributed by atoms with Crippen LogP contribution in [0.1, 0.15) is 119 Å². The number of carbonyl (C=O) groups is 1. The van der Waals surface area contributed by atoms with Crippen LogP contribution in [0.3, 0.4) is 0 Å². The molecule has 0 saturated heterocycles. The summed E-state index contributed by atoms with van der Waals surface area (Å²) in [4.78, 5) is 13.3. The fourth-order valence-electron chi connectivity index (χ4n) is 9.95. The van der Waals surface area contributed by atoms with Crippen molar-refractivity contribution in [2.75, 3.05) is 0 Å². The fraction of sp³-hybridized carbons (Fsp3) is 0.757. The molecule has 0 bridgehead atoms. The van der Waals surface area contributed by atoms with Crippen LogP contribution in [0.25, 0.3) is 0 Å². The molecule has 0 aliphatic heterocycles. The highest BCUT2D eigenvalue weighted by atomic mass is 32.2. The molecule has 0 N–H and O–H groups in total. The van der Waals surface area contributed by atoms with E-state index in [0.29, 0.717) is 16.1 Å². The third-order valence-electron chi connectivity index (χ3n) is 12.2. The number of para-hydroxylation sites is 1. The van der Waals surface area contributed by atoms with Crippen molar-refractivity contribution < 1.29 is 9.53 Å². The van der Waals surface area contributed by atoms with Gasteiger partial charge in [-0.2, -0.15) is 0 Å². The van der Waals surface area contributed by atoms with Crippen molar-refractivity contribution >= 4 is 16.9 Å². The largest absolute Gasteiger partial charge is 0.482 e. The maximum Gasteiger partial charge on any atom is 0.229 e. The Hall–Kier alpha value is -1.22. The normalized spacial score (nSPS) is 36.7. The Morgan fingerprint density at radius 1 is 1.00 bits per heavy atom. The molecule has 9 atom stereocenters. The zero-order chi connectivity index (χ0) is 28.5. The summed E-state index contributed by atoms with van der Waals surface area (Å²) in [5.74, 6) is 6.05. The SMILES string of the molecule is CC[C@H](Oc1ccccc1)C(=O)S[C@H]1CC[C@@]2(C)C(=CC[C@H]3[C@@H]4CC[C@@H]([C@@H](C)CCCC(C)C)[C@@]4(C)CC[C@@H]32)C1. The third-order valence-corrected chi connectivity index (χ3v) is 13.4. The molecular weight excluding hydrogens is 508 g/mol. The Kier molecular flexibility index (Phi) is 9.50. The van der Waals surface area contributed by atoms with Gasteiger partial charge in [0.2, 0.25) is 5.12 Å². The van der Waals surface area contributed by atoms with Gasteiger partial charge in [-0.25, -0.2) is 0 Å². The summed E-state index contributed by atoms with van der Waals surface area (Å²) in [6.07, 6.45) is 17.8. The van der Waals surface area contributed by atoms with Crippen molar-refractivity contribution in [2.45, 2.75) is 130 Å². The van der Waals surface area contributed by atoms with Crippen LogP contribution in [0.2, 0.25) is 0 Å². The highest BCUT2D eigenvalue weighted by Crippen LogP contribution is 2.67. The Labute approximate surface area is 249 Å². The van der Waals surface area contributed by atoms with Gasteiger partial charge < -0.3 is 4.74 Å². The number of fused-ring (bicyclic) bond motifs is 5. The van der Waals surface area contributed by atoms with Crippen LogP contribution in [0.4, 0.5) is 0 Å². The fourth-order valence-corrected chi connectivity index (χ4v) is 11.1. The number of allylic oxidation sites excluding steroid dienone is 2. The number of benzene rings is 1. The molecule has 3 fully saturated rings. The molecular formula is C37H56O2S. The van der Waals surface area contributed by atoms with Gasteiger partial charge in [-0.05, 0) is 116 Å². The molecule has 1 aromatic rings. The van der Waals surface area contributed by atoms with E-state index in [1.807, 2.05) is 30.3 Å². The number of rotatable bonds is 10. The van der Waals surface area contributed by atoms with Gasteiger partial charge in [-0.3, -0.25) is 4.79 Å². The van der Waals surface area contributed by atoms with Crippen LogP contribution in [0.15, 0.2) is 42.0 Å². The van der Waals surface area contributed by atoms with Crippen LogP contribution in [-0.2, 0) is 4.79 Å². The molecule has 0 amide bonds. The van der Waals surface area contributed by atoms with E-state index in [2.05, 4.69) is 47.6 Å². The first-order valence-electron chi connectivity index (χ1n) is 16.8. The van der Waals surface area contributed by atoms with E-state index in [9.17, 15) is 4.79 Å². The summed E-state index contributed by atoms with van der Waals surface area (Å²) in [6.45, 7) is 14.7. The molecule has 0 heterocycles. The molecule has 5 rings (SSSR count). The van der Waals surface area contributed by atoms with Crippen molar-refractivity contribution in [3.05, 3.63) is 42.0 Å². The van der Waals surface area contributed by atoms with E-state index >= 15 is 0 Å². The summed E-state index contributed by atoms with van der Waals surface area (Å²) in [5.41, 5.74) is 2.58. The minimum absolute atomic E-state index is 0.210. The molecule has 4 aliphatic carbocycles. The Morgan fingerprint density at radius 2 is 1.77 bits per heavy atom. The van der Waals surface area contributed by atoms with Gasteiger partial charge in [-0.1, -0.05) is 102 Å². The van der Waals surface area contributed by atoms with Gasteiger partial charge in [0.1, 0.15) is 5.75 Å². The predicted molar refractivity (Wildman–Crippen MR) is 171 cm³/mol. The summed E-state index contributed by atoms with van der Waals surface area (Å²) < 4.78 is 6.09. The maximum absolute atomic E-state index is 13.3. The van der Waals surface area contributed by atoms with E-state index in [1.165, 1.54) is 57.8 Å². The number of thioether (sulfide) groups is 1. The number of hydrogen-bond acceptors (Lipinski definition) is 3. The third kappa shape index (κ3) is 5.97. The van der Waals surface area contributed by atoms with Crippen LogP contribution >= 0.6 is 11.8 Å². The highest BCUT2D eigenvalue weighted by Gasteiger charge is 2.59. The summed E-state index contributed by atoms with van der Waals surface area (Å²) >= 11 is 1.58. The van der Waals surface area contributed by atoms with Crippen molar-refractivity contribution in [3.8, 4) is 5.75 Å². The average molecular weight is 565 g/mol. The lowest BCUT2D eigenvalue weighted by molar-refractivity contribution is -0.117. The van der Waals surface area contributed by atoms with Gasteiger partial charge in [0, 0.05) is 5.25 Å². The lowest BCUT2D eigenvalue weighted by Crippen LogP contribution is -2.50. The standard InChI is InChI=1S/C37H56O2S/c1-7-34(39-28-14-9-8-10-15-28)35(38)40-29-20-22-36(5)27(24-29)16-17-30-32-19-18-31(26(4)13-11-12-25(2)3)37(32,6)23-21-33(30)36/h8-10,14-16,25-26,29-34H,7,11-13,17-24H2,1-6H3/t26-,29-,30-,31-,32-,33-,34-,36-,37+/m0/s1. The van der Waals surface area contributed by atoms with E-state index < -0.39 is 0 Å². The molecule has 0 spiro atoms. The highest BCUT2D eigenvalue weighted by molar-refractivity contribution is 8.14. The van der Waals surface area contributed by atoms with E-state index in [4.69, 9.17) is 4.74 Å². The number of carbonyl (C=O) groups excluding carboxylic acids is 1. The summed E-state index contributed by atoms with van der Waals surface area (Å²) in [7, 11) is 0. The van der Waals surface area contributed by atoms with Crippen LogP contribution < -0.4 is 4.74 Å². The second-order valence-corrected chi connectivity index (χ2v) is 16.2. The zero-order valence-corrected chi connectivity index (χ0v) is 27.1. The Morgan fingerprint density at radius 3 is 2.50 bits per heavy atom. The van der Waals surface area contributed by atoms with E-state index in [0.717, 1.165) is 60.5 Å². The first-order chi connectivity index (χ1) is 19.2. The zero-order valence-electron chi connectivity index (χ0n) is 26.3. The Bertz CT molecular complexity index is 1030. The first-order valence-corrected chi connectivity index (χ1v) is 17.6. The summed E-state index contributed by atoms with van der Waals surface area (Å²) in [5, 5.41) is 0.607. The molecule has 3 saturated carbocycles. The van der Waals surface area contributed by atoms with Gasteiger partial charge in [-0.15, -0.1) is 0 Å². The van der Waals surface area contributed by atoms with E-state index in [-0.39, 0.29) is 11.2 Å².